The SMILES string of the molecule is FC1(F)CCC(c2ccc3c4c(cccc24)C(c2cc(C4CCCC4)cc(C4CCCC4)c2)=N3)C1. The molecule has 1 aliphatic heterocycles. The van der Waals surface area contributed by atoms with Crippen LogP contribution in [0.4, 0.5) is 14.5 Å². The summed E-state index contributed by atoms with van der Waals surface area (Å²) in [5.41, 5.74) is 8.55. The van der Waals surface area contributed by atoms with E-state index in [0.717, 1.165) is 27.7 Å². The van der Waals surface area contributed by atoms with E-state index >= 15 is 0 Å². The molecule has 35 heavy (non-hydrogen) atoms. The number of benzene rings is 3. The maximum Gasteiger partial charge on any atom is 0.248 e. The van der Waals surface area contributed by atoms with E-state index in [1.54, 1.807) is 0 Å². The number of nitrogens with zero attached hydrogens (tertiary/aromatic N) is 1. The number of rotatable bonds is 4. The minimum Gasteiger partial charge on any atom is -0.247 e. The molecule has 3 aliphatic carbocycles. The number of aliphatic imine (C=N–C) groups is 1. The first-order chi connectivity index (χ1) is 17.1. The highest BCUT2D eigenvalue weighted by Crippen LogP contribution is 2.49. The Bertz CT molecular complexity index is 1290. The lowest BCUT2D eigenvalue weighted by Gasteiger charge is -2.18. The third kappa shape index (κ3) is 3.74. The molecule has 0 saturated heterocycles. The minimum atomic E-state index is -2.54. The second-order valence-corrected chi connectivity index (χ2v) is 11.5. The van der Waals surface area contributed by atoms with Gasteiger partial charge >= 0.3 is 0 Å². The maximum absolute atomic E-state index is 14.0. The fraction of sp³-hybridized carbons (Fsp3) is 0.469. The molecular weight excluding hydrogens is 436 g/mol. The molecule has 1 heterocycles. The van der Waals surface area contributed by atoms with Crippen molar-refractivity contribution in [3.05, 3.63) is 76.3 Å². The van der Waals surface area contributed by atoms with Gasteiger partial charge in [-0.05, 0) is 90.1 Å². The molecule has 3 aromatic carbocycles. The first-order valence-corrected chi connectivity index (χ1v) is 13.7. The lowest BCUT2D eigenvalue weighted by molar-refractivity contribution is 0.00780. The number of halogens is 2. The molecule has 7 rings (SSSR count). The molecule has 4 aliphatic rings. The summed E-state index contributed by atoms with van der Waals surface area (Å²) in [6.45, 7) is 0. The van der Waals surface area contributed by atoms with Crippen molar-refractivity contribution in [2.45, 2.75) is 94.3 Å². The predicted octanol–water partition coefficient (Wildman–Crippen LogP) is 9.54. The Morgan fingerprint density at radius 3 is 2.06 bits per heavy atom. The van der Waals surface area contributed by atoms with Crippen LogP contribution in [-0.4, -0.2) is 11.6 Å². The van der Waals surface area contributed by atoms with Gasteiger partial charge in [-0.3, -0.25) is 0 Å². The molecule has 0 bridgehead atoms. The smallest absolute Gasteiger partial charge is 0.247 e. The van der Waals surface area contributed by atoms with Crippen LogP contribution in [0.2, 0.25) is 0 Å². The van der Waals surface area contributed by atoms with E-state index in [-0.39, 0.29) is 18.8 Å². The second-order valence-electron chi connectivity index (χ2n) is 11.5. The van der Waals surface area contributed by atoms with Crippen molar-refractivity contribution >= 4 is 22.2 Å². The average molecular weight is 470 g/mol. The van der Waals surface area contributed by atoms with Crippen molar-refractivity contribution in [3.63, 3.8) is 0 Å². The van der Waals surface area contributed by atoms with Crippen molar-refractivity contribution in [3.8, 4) is 0 Å². The van der Waals surface area contributed by atoms with Gasteiger partial charge in [-0.25, -0.2) is 13.8 Å². The maximum atomic E-state index is 14.0. The van der Waals surface area contributed by atoms with E-state index in [2.05, 4.69) is 48.5 Å². The average Bonchev–Trinajstić information content (AvgIpc) is 3.67. The Labute approximate surface area is 206 Å². The summed E-state index contributed by atoms with van der Waals surface area (Å²) < 4.78 is 28.1. The van der Waals surface area contributed by atoms with E-state index < -0.39 is 5.92 Å². The normalized spacial score (nSPS) is 24.1. The molecule has 0 radical (unpaired) electrons. The summed E-state index contributed by atoms with van der Waals surface area (Å²) in [5.74, 6) is -1.26. The molecule has 0 aromatic heterocycles. The summed E-state index contributed by atoms with van der Waals surface area (Å²) in [6.07, 6.45) is 11.1. The predicted molar refractivity (Wildman–Crippen MR) is 140 cm³/mol. The Hall–Kier alpha value is -2.55. The van der Waals surface area contributed by atoms with Gasteiger partial charge in [-0.2, -0.15) is 0 Å². The van der Waals surface area contributed by atoms with Gasteiger partial charge in [0.05, 0.1) is 11.4 Å². The zero-order valence-electron chi connectivity index (χ0n) is 20.3. The number of hydrogen-bond donors (Lipinski definition) is 0. The fourth-order valence-electron chi connectivity index (χ4n) is 7.48. The van der Waals surface area contributed by atoms with Gasteiger partial charge in [0.1, 0.15) is 0 Å². The molecule has 1 nitrogen and oxygen atoms in total. The van der Waals surface area contributed by atoms with Crippen molar-refractivity contribution in [2.75, 3.05) is 0 Å². The van der Waals surface area contributed by atoms with E-state index in [1.807, 2.05) is 0 Å². The molecule has 3 heteroatoms. The molecule has 1 unspecified atom stereocenters. The van der Waals surface area contributed by atoms with E-state index in [0.29, 0.717) is 18.3 Å². The molecule has 3 aromatic rings. The van der Waals surface area contributed by atoms with Crippen molar-refractivity contribution in [1.29, 1.82) is 0 Å². The number of alkyl halides is 2. The van der Waals surface area contributed by atoms with Gasteiger partial charge in [0, 0.05) is 29.4 Å². The zero-order valence-corrected chi connectivity index (χ0v) is 20.3. The second kappa shape index (κ2) is 8.25. The van der Waals surface area contributed by atoms with Crippen molar-refractivity contribution in [2.24, 2.45) is 4.99 Å². The molecule has 0 spiro atoms. The number of hydrogen-bond acceptors (Lipinski definition) is 1. The highest BCUT2D eigenvalue weighted by atomic mass is 19.3. The lowest BCUT2D eigenvalue weighted by Crippen LogP contribution is -2.09. The summed E-state index contributed by atoms with van der Waals surface area (Å²) in [5, 5.41) is 2.27. The first-order valence-electron chi connectivity index (χ1n) is 13.7. The fourth-order valence-corrected chi connectivity index (χ4v) is 7.48. The van der Waals surface area contributed by atoms with Crippen LogP contribution in [0.3, 0.4) is 0 Å². The van der Waals surface area contributed by atoms with E-state index in [1.165, 1.54) is 73.6 Å². The van der Waals surface area contributed by atoms with Crippen LogP contribution in [0.15, 0.2) is 53.5 Å². The summed E-state index contributed by atoms with van der Waals surface area (Å²) in [6, 6.07) is 17.9. The Morgan fingerprint density at radius 2 is 1.43 bits per heavy atom. The monoisotopic (exact) mass is 469 g/mol. The quantitative estimate of drug-likeness (QED) is 0.282. The molecule has 1 atom stereocenters. The summed E-state index contributed by atoms with van der Waals surface area (Å²) >= 11 is 0. The molecular formula is C32H33F2N. The Balaban J connectivity index is 1.33. The Morgan fingerprint density at radius 1 is 0.743 bits per heavy atom. The zero-order chi connectivity index (χ0) is 23.6. The van der Waals surface area contributed by atoms with Crippen molar-refractivity contribution in [1.82, 2.24) is 0 Å². The van der Waals surface area contributed by atoms with Gasteiger partial charge < -0.3 is 0 Å². The standard InChI is InChI=1S/C32H33F2N/c33-32(34)15-14-22(19-32)26-12-13-29-30-27(26)10-5-11-28(30)31(35-29)25-17-23(20-6-1-2-7-20)16-24(18-25)21-8-3-4-9-21/h5,10-13,16-18,20-22H,1-4,6-9,14-15,19H2. The molecule has 3 fully saturated rings. The van der Waals surface area contributed by atoms with Crippen molar-refractivity contribution < 1.29 is 8.78 Å². The van der Waals surface area contributed by atoms with Crippen LogP contribution < -0.4 is 0 Å². The first kappa shape index (κ1) is 21.7. The Kier molecular flexibility index (Phi) is 5.12. The molecule has 0 amide bonds. The summed E-state index contributed by atoms with van der Waals surface area (Å²) in [4.78, 5) is 5.17. The van der Waals surface area contributed by atoms with Crippen LogP contribution in [0, 0.1) is 0 Å². The highest BCUT2D eigenvalue weighted by molar-refractivity contribution is 6.26. The van der Waals surface area contributed by atoms with Gasteiger partial charge in [-0.15, -0.1) is 0 Å². The molecule has 3 saturated carbocycles. The van der Waals surface area contributed by atoms with E-state index in [4.69, 9.17) is 4.99 Å². The van der Waals surface area contributed by atoms with Gasteiger partial charge in [0.15, 0.2) is 0 Å². The van der Waals surface area contributed by atoms with Gasteiger partial charge in [-0.1, -0.05) is 56.0 Å². The topological polar surface area (TPSA) is 12.4 Å². The summed E-state index contributed by atoms with van der Waals surface area (Å²) in [7, 11) is 0. The van der Waals surface area contributed by atoms with Gasteiger partial charge in [0.25, 0.3) is 0 Å². The third-order valence-corrected chi connectivity index (χ3v) is 9.29. The third-order valence-electron chi connectivity index (χ3n) is 9.29. The minimum absolute atomic E-state index is 0.000253. The van der Waals surface area contributed by atoms with Crippen LogP contribution >= 0.6 is 0 Å². The van der Waals surface area contributed by atoms with Crippen LogP contribution in [0.5, 0.6) is 0 Å². The van der Waals surface area contributed by atoms with Gasteiger partial charge in [0.2, 0.25) is 5.92 Å². The molecule has 180 valence electrons. The lowest BCUT2D eigenvalue weighted by atomic mass is 9.86. The van der Waals surface area contributed by atoms with Crippen LogP contribution in [0.1, 0.15) is 116 Å². The van der Waals surface area contributed by atoms with Crippen LogP contribution in [0.25, 0.3) is 10.8 Å². The van der Waals surface area contributed by atoms with Crippen LogP contribution in [-0.2, 0) is 0 Å². The highest BCUT2D eigenvalue weighted by Gasteiger charge is 2.40. The largest absolute Gasteiger partial charge is 0.248 e. The van der Waals surface area contributed by atoms with E-state index in [9.17, 15) is 8.78 Å². The molecule has 0 N–H and O–H groups in total.